The van der Waals surface area contributed by atoms with Gasteiger partial charge in [0.2, 0.25) is 0 Å². The summed E-state index contributed by atoms with van der Waals surface area (Å²) in [5, 5.41) is 14.1. The summed E-state index contributed by atoms with van der Waals surface area (Å²) in [6.45, 7) is 5.33. The van der Waals surface area contributed by atoms with Crippen LogP contribution in [0.2, 0.25) is 0 Å². The van der Waals surface area contributed by atoms with Crippen LogP contribution in [0.3, 0.4) is 0 Å². The number of fused-ring (bicyclic) bond motifs is 2. The topological polar surface area (TPSA) is 118 Å². The molecule has 2 aromatic heterocycles. The summed E-state index contributed by atoms with van der Waals surface area (Å²) in [6.07, 6.45) is 2.16. The first-order valence-corrected chi connectivity index (χ1v) is 10.6. The maximum absolute atomic E-state index is 13.1. The summed E-state index contributed by atoms with van der Waals surface area (Å²) in [5.41, 5.74) is 1.88. The maximum atomic E-state index is 13.1. The van der Waals surface area contributed by atoms with Crippen LogP contribution < -0.4 is 5.32 Å². The van der Waals surface area contributed by atoms with Crippen molar-refractivity contribution in [2.24, 2.45) is 0 Å². The Balaban J connectivity index is 1.69. The van der Waals surface area contributed by atoms with Crippen LogP contribution in [0.15, 0.2) is 60.9 Å². The third-order valence-electron chi connectivity index (χ3n) is 5.75. The number of amides is 2. The highest BCUT2D eigenvalue weighted by Gasteiger charge is 2.32. The number of Topliss-reactive ketones (excluding diaryl/α,β-unsaturated/α-hetero) is 1. The number of aromatic amines is 2. The molecule has 0 spiro atoms. The molecule has 0 aliphatic carbocycles. The van der Waals surface area contributed by atoms with E-state index in [2.05, 4.69) is 15.3 Å². The Morgan fingerprint density at radius 3 is 2.15 bits per heavy atom. The molecule has 0 aliphatic heterocycles. The molecule has 8 heteroatoms. The number of carbonyl (C=O) groups is 3. The van der Waals surface area contributed by atoms with Gasteiger partial charge in [-0.2, -0.15) is 0 Å². The standard InChI is InChI=1S/C25H26N4O4/c1-25(2,3)29(24(32)33)14-21(17-12-26-19-10-6-4-8-15(17)19)28-23(31)22(30)18-13-27-20-11-7-5-9-16(18)20/h4-13,21,26-27H,14H2,1-3H3,(H,28,31)(H,32,33). The molecule has 8 nitrogen and oxygen atoms in total. The molecule has 1 atom stereocenters. The van der Waals surface area contributed by atoms with E-state index in [0.29, 0.717) is 10.9 Å². The number of ketones is 1. The lowest BCUT2D eigenvalue weighted by atomic mass is 10.0. The van der Waals surface area contributed by atoms with E-state index in [4.69, 9.17) is 0 Å². The van der Waals surface area contributed by atoms with Gasteiger partial charge in [-0.15, -0.1) is 0 Å². The Morgan fingerprint density at radius 1 is 0.939 bits per heavy atom. The summed E-state index contributed by atoms with van der Waals surface area (Å²) in [4.78, 5) is 45.5. The van der Waals surface area contributed by atoms with E-state index in [9.17, 15) is 19.5 Å². The second-order valence-electron chi connectivity index (χ2n) is 8.96. The third-order valence-corrected chi connectivity index (χ3v) is 5.75. The Bertz CT molecular complexity index is 1350. The van der Waals surface area contributed by atoms with E-state index in [1.54, 1.807) is 39.1 Å². The minimum absolute atomic E-state index is 0.0203. The van der Waals surface area contributed by atoms with Crippen LogP contribution in [0.4, 0.5) is 4.79 Å². The monoisotopic (exact) mass is 446 g/mol. The molecule has 4 N–H and O–H groups in total. The van der Waals surface area contributed by atoms with Gasteiger partial charge in [0, 0.05) is 51.8 Å². The molecule has 0 radical (unpaired) electrons. The molecule has 0 saturated carbocycles. The molecule has 0 bridgehead atoms. The van der Waals surface area contributed by atoms with E-state index in [1.165, 1.54) is 11.1 Å². The van der Waals surface area contributed by atoms with Gasteiger partial charge in [-0.1, -0.05) is 36.4 Å². The normalized spacial score (nSPS) is 12.6. The number of nitrogens with zero attached hydrogens (tertiary/aromatic N) is 1. The van der Waals surface area contributed by atoms with Gasteiger partial charge in [0.25, 0.3) is 11.7 Å². The van der Waals surface area contributed by atoms with E-state index >= 15 is 0 Å². The highest BCUT2D eigenvalue weighted by molar-refractivity contribution is 6.45. The van der Waals surface area contributed by atoms with Gasteiger partial charge in [-0.25, -0.2) is 4.79 Å². The molecule has 2 amide bonds. The molecule has 33 heavy (non-hydrogen) atoms. The number of carbonyl (C=O) groups excluding carboxylic acids is 2. The minimum Gasteiger partial charge on any atom is -0.465 e. The molecule has 0 fully saturated rings. The lowest BCUT2D eigenvalue weighted by Gasteiger charge is -2.36. The predicted octanol–water partition coefficient (Wildman–Crippen LogP) is 4.47. The van der Waals surface area contributed by atoms with Crippen LogP contribution in [0.1, 0.15) is 42.7 Å². The SMILES string of the molecule is CC(C)(C)N(CC(NC(=O)C(=O)c1c[nH]c2ccccc12)c1c[nH]c2ccccc12)C(=O)O. The average Bonchev–Trinajstić information content (AvgIpc) is 3.39. The van der Waals surface area contributed by atoms with Crippen LogP contribution in [0, 0.1) is 0 Å². The quantitative estimate of drug-likeness (QED) is 0.258. The van der Waals surface area contributed by atoms with Crippen molar-refractivity contribution in [2.45, 2.75) is 32.4 Å². The molecule has 1 unspecified atom stereocenters. The third kappa shape index (κ3) is 4.32. The highest BCUT2D eigenvalue weighted by atomic mass is 16.4. The van der Waals surface area contributed by atoms with Crippen molar-refractivity contribution >= 4 is 39.6 Å². The molecular weight excluding hydrogens is 420 g/mol. The molecule has 0 saturated heterocycles. The fourth-order valence-corrected chi connectivity index (χ4v) is 4.03. The van der Waals surface area contributed by atoms with Crippen molar-refractivity contribution < 1.29 is 19.5 Å². The number of hydrogen-bond donors (Lipinski definition) is 4. The maximum Gasteiger partial charge on any atom is 0.407 e. The van der Waals surface area contributed by atoms with Gasteiger partial charge < -0.3 is 25.3 Å². The molecule has 2 aromatic carbocycles. The van der Waals surface area contributed by atoms with Crippen LogP contribution in [-0.4, -0.2) is 49.8 Å². The summed E-state index contributed by atoms with van der Waals surface area (Å²) >= 11 is 0. The fraction of sp³-hybridized carbons (Fsp3) is 0.240. The lowest BCUT2D eigenvalue weighted by molar-refractivity contribution is -0.117. The number of carboxylic acid groups (broad SMARTS) is 1. The first-order valence-electron chi connectivity index (χ1n) is 10.6. The Labute approximate surface area is 190 Å². The van der Waals surface area contributed by atoms with Crippen LogP contribution in [0.25, 0.3) is 21.8 Å². The molecule has 2 heterocycles. The first kappa shape index (κ1) is 22.1. The van der Waals surface area contributed by atoms with Crippen LogP contribution in [0.5, 0.6) is 0 Å². The van der Waals surface area contributed by atoms with Crippen LogP contribution in [-0.2, 0) is 4.79 Å². The number of rotatable bonds is 6. The number of hydrogen-bond acceptors (Lipinski definition) is 3. The van der Waals surface area contributed by atoms with E-state index in [-0.39, 0.29) is 12.1 Å². The minimum atomic E-state index is -1.11. The van der Waals surface area contributed by atoms with Crippen molar-refractivity contribution in [2.75, 3.05) is 6.54 Å². The Kier molecular flexibility index (Phi) is 5.68. The zero-order valence-electron chi connectivity index (χ0n) is 18.7. The van der Waals surface area contributed by atoms with Crippen LogP contribution >= 0.6 is 0 Å². The van der Waals surface area contributed by atoms with Crippen molar-refractivity contribution in [3.8, 4) is 0 Å². The van der Waals surface area contributed by atoms with Gasteiger partial charge in [0.05, 0.1) is 11.6 Å². The largest absolute Gasteiger partial charge is 0.465 e. The zero-order chi connectivity index (χ0) is 23.8. The second kappa shape index (κ2) is 8.46. The van der Waals surface area contributed by atoms with Crippen molar-refractivity contribution in [1.82, 2.24) is 20.2 Å². The molecule has 4 rings (SSSR count). The fourth-order valence-electron chi connectivity index (χ4n) is 4.03. The van der Waals surface area contributed by atoms with Gasteiger partial charge in [0.15, 0.2) is 0 Å². The van der Waals surface area contributed by atoms with E-state index < -0.39 is 29.4 Å². The average molecular weight is 447 g/mol. The number of H-pyrrole nitrogens is 2. The molecule has 4 aromatic rings. The summed E-state index contributed by atoms with van der Waals surface area (Å²) in [7, 11) is 0. The van der Waals surface area contributed by atoms with Crippen molar-refractivity contribution in [3.63, 3.8) is 0 Å². The van der Waals surface area contributed by atoms with Gasteiger partial charge >= 0.3 is 6.09 Å². The molecular formula is C25H26N4O4. The van der Waals surface area contributed by atoms with Gasteiger partial charge in [0.1, 0.15) is 0 Å². The van der Waals surface area contributed by atoms with Crippen molar-refractivity contribution in [3.05, 3.63) is 72.1 Å². The smallest absolute Gasteiger partial charge is 0.407 e. The molecule has 170 valence electrons. The second-order valence-corrected chi connectivity index (χ2v) is 8.96. The Morgan fingerprint density at radius 2 is 1.52 bits per heavy atom. The lowest BCUT2D eigenvalue weighted by Crippen LogP contribution is -2.50. The summed E-state index contributed by atoms with van der Waals surface area (Å²) in [6, 6.07) is 14.0. The number of aromatic nitrogens is 2. The number of nitrogens with one attached hydrogen (secondary N) is 3. The van der Waals surface area contributed by atoms with E-state index in [1.807, 2.05) is 36.4 Å². The highest BCUT2D eigenvalue weighted by Crippen LogP contribution is 2.27. The first-order chi connectivity index (χ1) is 15.7. The zero-order valence-corrected chi connectivity index (χ0v) is 18.7. The van der Waals surface area contributed by atoms with E-state index in [0.717, 1.165) is 16.4 Å². The summed E-state index contributed by atoms with van der Waals surface area (Å²) < 4.78 is 0. The number of para-hydroxylation sites is 2. The number of benzene rings is 2. The summed E-state index contributed by atoms with van der Waals surface area (Å²) in [5.74, 6) is -1.48. The van der Waals surface area contributed by atoms with Crippen molar-refractivity contribution in [1.29, 1.82) is 0 Å². The van der Waals surface area contributed by atoms with Gasteiger partial charge in [-0.3, -0.25) is 9.59 Å². The van der Waals surface area contributed by atoms with Gasteiger partial charge in [-0.05, 0) is 32.9 Å². The Hall–Kier alpha value is -4.07. The predicted molar refractivity (Wildman–Crippen MR) is 126 cm³/mol. The molecule has 0 aliphatic rings.